The van der Waals surface area contributed by atoms with Gasteiger partial charge in [-0.25, -0.2) is 8.78 Å². The summed E-state index contributed by atoms with van der Waals surface area (Å²) >= 11 is 1.52. The molecular formula is C18H15F2NO2S. The zero-order chi connectivity index (χ0) is 16.9. The summed E-state index contributed by atoms with van der Waals surface area (Å²) in [5.74, 6) is -0.661. The van der Waals surface area contributed by atoms with Crippen molar-refractivity contribution in [3.8, 4) is 11.5 Å². The summed E-state index contributed by atoms with van der Waals surface area (Å²) in [5, 5.41) is 3.79. The Balaban J connectivity index is 1.63. The van der Waals surface area contributed by atoms with Crippen molar-refractivity contribution in [3.63, 3.8) is 0 Å². The third-order valence-electron chi connectivity index (χ3n) is 3.40. The smallest absolute Gasteiger partial charge is 0.165 e. The Morgan fingerprint density at radius 1 is 0.875 bits per heavy atom. The molecule has 0 saturated carbocycles. The standard InChI is InChI=1S/C18H15F2NO2S/c19-16-6-1-3-12(18(16)20)8-22-14-4-2-5-15(7-14)23-9-13-10-24-11-17(13)21/h1-7,10-11H,8-9,21H2. The van der Waals surface area contributed by atoms with Gasteiger partial charge >= 0.3 is 0 Å². The van der Waals surface area contributed by atoms with Gasteiger partial charge in [-0.3, -0.25) is 0 Å². The minimum atomic E-state index is -0.891. The van der Waals surface area contributed by atoms with Crippen molar-refractivity contribution in [1.82, 2.24) is 0 Å². The van der Waals surface area contributed by atoms with Crippen LogP contribution < -0.4 is 15.2 Å². The van der Waals surface area contributed by atoms with Crippen molar-refractivity contribution < 1.29 is 18.3 Å². The number of nitrogen functional groups attached to an aromatic ring is 1. The number of rotatable bonds is 6. The average Bonchev–Trinajstić information content (AvgIpc) is 3.00. The fourth-order valence-electron chi connectivity index (χ4n) is 2.09. The minimum absolute atomic E-state index is 0.0650. The van der Waals surface area contributed by atoms with Gasteiger partial charge in [0.2, 0.25) is 0 Å². The largest absolute Gasteiger partial charge is 0.489 e. The first-order chi connectivity index (χ1) is 11.6. The first kappa shape index (κ1) is 16.3. The molecule has 3 nitrogen and oxygen atoms in total. The molecule has 0 bridgehead atoms. The SMILES string of the molecule is Nc1cscc1COc1cccc(OCc2cccc(F)c2F)c1. The first-order valence-corrected chi connectivity index (χ1v) is 8.17. The number of halogens is 2. The molecule has 24 heavy (non-hydrogen) atoms. The molecule has 0 aliphatic carbocycles. The van der Waals surface area contributed by atoms with Crippen LogP contribution in [0.5, 0.6) is 11.5 Å². The zero-order valence-electron chi connectivity index (χ0n) is 12.7. The van der Waals surface area contributed by atoms with Crippen LogP contribution in [0.2, 0.25) is 0 Å². The Bertz CT molecular complexity index is 835. The molecule has 0 amide bonds. The lowest BCUT2D eigenvalue weighted by atomic mass is 10.2. The van der Waals surface area contributed by atoms with E-state index in [1.807, 2.05) is 10.8 Å². The third-order valence-corrected chi connectivity index (χ3v) is 4.21. The van der Waals surface area contributed by atoms with Gasteiger partial charge in [-0.05, 0) is 23.6 Å². The van der Waals surface area contributed by atoms with E-state index in [0.29, 0.717) is 23.8 Å². The van der Waals surface area contributed by atoms with Gasteiger partial charge in [-0.15, -0.1) is 11.3 Å². The molecule has 124 valence electrons. The topological polar surface area (TPSA) is 44.5 Å². The summed E-state index contributed by atoms with van der Waals surface area (Å²) in [6.45, 7) is 0.293. The van der Waals surface area contributed by atoms with E-state index >= 15 is 0 Å². The fraction of sp³-hybridized carbons (Fsp3) is 0.111. The highest BCUT2D eigenvalue weighted by molar-refractivity contribution is 7.08. The van der Waals surface area contributed by atoms with E-state index in [1.165, 1.54) is 23.5 Å². The Morgan fingerprint density at radius 2 is 1.54 bits per heavy atom. The molecule has 0 atom stereocenters. The summed E-state index contributed by atoms with van der Waals surface area (Å²) in [6, 6.07) is 11.0. The number of anilines is 1. The van der Waals surface area contributed by atoms with Crippen LogP contribution in [0.25, 0.3) is 0 Å². The molecule has 0 radical (unpaired) electrons. The van der Waals surface area contributed by atoms with Crippen LogP contribution >= 0.6 is 11.3 Å². The van der Waals surface area contributed by atoms with E-state index in [4.69, 9.17) is 15.2 Å². The highest BCUT2D eigenvalue weighted by Crippen LogP contribution is 2.24. The molecule has 1 aromatic heterocycles. The lowest BCUT2D eigenvalue weighted by Gasteiger charge is -2.10. The highest BCUT2D eigenvalue weighted by atomic mass is 32.1. The highest BCUT2D eigenvalue weighted by Gasteiger charge is 2.08. The van der Waals surface area contributed by atoms with Crippen LogP contribution in [0, 0.1) is 11.6 Å². The third kappa shape index (κ3) is 3.83. The lowest BCUT2D eigenvalue weighted by Crippen LogP contribution is -2.01. The molecule has 0 fully saturated rings. The van der Waals surface area contributed by atoms with E-state index in [9.17, 15) is 8.78 Å². The van der Waals surface area contributed by atoms with E-state index in [2.05, 4.69) is 0 Å². The quantitative estimate of drug-likeness (QED) is 0.699. The summed E-state index contributed by atoms with van der Waals surface area (Å²) in [5.41, 5.74) is 7.60. The number of ether oxygens (including phenoxy) is 2. The maximum atomic E-state index is 13.6. The molecule has 0 saturated heterocycles. The molecular weight excluding hydrogens is 332 g/mol. The Hall–Kier alpha value is -2.60. The van der Waals surface area contributed by atoms with E-state index < -0.39 is 11.6 Å². The zero-order valence-corrected chi connectivity index (χ0v) is 13.5. The van der Waals surface area contributed by atoms with Crippen molar-refractivity contribution in [2.24, 2.45) is 0 Å². The van der Waals surface area contributed by atoms with Crippen molar-refractivity contribution in [2.75, 3.05) is 5.73 Å². The molecule has 6 heteroatoms. The number of hydrogen-bond acceptors (Lipinski definition) is 4. The second-order valence-corrected chi connectivity index (χ2v) is 5.86. The average molecular weight is 347 g/mol. The summed E-state index contributed by atoms with van der Waals surface area (Å²) in [4.78, 5) is 0. The molecule has 3 aromatic rings. The molecule has 0 aliphatic heterocycles. The Morgan fingerprint density at radius 3 is 2.21 bits per heavy atom. The molecule has 3 rings (SSSR count). The van der Waals surface area contributed by atoms with Crippen molar-refractivity contribution in [1.29, 1.82) is 0 Å². The van der Waals surface area contributed by atoms with Crippen LogP contribution in [-0.4, -0.2) is 0 Å². The Labute approximate surface area is 142 Å². The molecule has 1 heterocycles. The van der Waals surface area contributed by atoms with E-state index in [-0.39, 0.29) is 12.2 Å². The summed E-state index contributed by atoms with van der Waals surface area (Å²) in [7, 11) is 0. The van der Waals surface area contributed by atoms with Crippen LogP contribution in [0.3, 0.4) is 0 Å². The monoisotopic (exact) mass is 347 g/mol. The van der Waals surface area contributed by atoms with Crippen molar-refractivity contribution >= 4 is 17.0 Å². The minimum Gasteiger partial charge on any atom is -0.489 e. The van der Waals surface area contributed by atoms with E-state index in [1.54, 1.807) is 24.3 Å². The van der Waals surface area contributed by atoms with Gasteiger partial charge in [-0.1, -0.05) is 18.2 Å². The van der Waals surface area contributed by atoms with Gasteiger partial charge in [0.25, 0.3) is 0 Å². The normalized spacial score (nSPS) is 10.6. The van der Waals surface area contributed by atoms with Crippen LogP contribution in [0.4, 0.5) is 14.5 Å². The molecule has 2 N–H and O–H groups in total. The number of benzene rings is 2. The lowest BCUT2D eigenvalue weighted by molar-refractivity contribution is 0.286. The van der Waals surface area contributed by atoms with Crippen LogP contribution in [0.1, 0.15) is 11.1 Å². The predicted molar refractivity (Wildman–Crippen MR) is 90.2 cm³/mol. The number of thiophene rings is 1. The molecule has 0 spiro atoms. The van der Waals surface area contributed by atoms with Gasteiger partial charge in [0.15, 0.2) is 11.6 Å². The molecule has 2 aromatic carbocycles. The number of nitrogens with two attached hydrogens (primary N) is 1. The second-order valence-electron chi connectivity index (χ2n) is 5.12. The Kier molecular flexibility index (Phi) is 4.96. The van der Waals surface area contributed by atoms with E-state index in [0.717, 1.165) is 11.6 Å². The predicted octanol–water partition coefficient (Wildman–Crippen LogP) is 4.77. The van der Waals surface area contributed by atoms with Gasteiger partial charge in [0, 0.05) is 28.3 Å². The van der Waals surface area contributed by atoms with Crippen molar-refractivity contribution in [3.05, 3.63) is 76.0 Å². The van der Waals surface area contributed by atoms with Gasteiger partial charge in [0.1, 0.15) is 24.7 Å². The van der Waals surface area contributed by atoms with Gasteiger partial charge in [-0.2, -0.15) is 0 Å². The molecule has 0 unspecified atom stereocenters. The number of hydrogen-bond donors (Lipinski definition) is 1. The van der Waals surface area contributed by atoms with Crippen LogP contribution in [0.15, 0.2) is 53.2 Å². The van der Waals surface area contributed by atoms with Crippen molar-refractivity contribution in [2.45, 2.75) is 13.2 Å². The first-order valence-electron chi connectivity index (χ1n) is 7.22. The fourth-order valence-corrected chi connectivity index (χ4v) is 2.82. The maximum Gasteiger partial charge on any atom is 0.165 e. The van der Waals surface area contributed by atoms with Gasteiger partial charge in [0.05, 0.1) is 0 Å². The maximum absolute atomic E-state index is 13.6. The molecule has 0 aliphatic rings. The second kappa shape index (κ2) is 7.31. The van der Waals surface area contributed by atoms with Gasteiger partial charge < -0.3 is 15.2 Å². The van der Waals surface area contributed by atoms with Crippen LogP contribution in [-0.2, 0) is 13.2 Å². The summed E-state index contributed by atoms with van der Waals surface area (Å²) in [6.07, 6.45) is 0. The summed E-state index contributed by atoms with van der Waals surface area (Å²) < 4.78 is 38.0.